The minimum absolute atomic E-state index is 0.0522. The molecule has 174 valence electrons. The molecule has 0 radical (unpaired) electrons. The zero-order valence-corrected chi connectivity index (χ0v) is 20.1. The highest BCUT2D eigenvalue weighted by molar-refractivity contribution is 7.91. The van der Waals surface area contributed by atoms with E-state index in [0.717, 1.165) is 40.8 Å². The number of esters is 1. The molecule has 1 aliphatic rings. The Bertz CT molecular complexity index is 1340. The highest BCUT2D eigenvalue weighted by Gasteiger charge is 2.31. The standard InChI is InChI=1S/C22H23N3O6S2/c1-4-30-21(27)18-15-6-5-7-16(15)32-20(18)23-17(26)11-33(28,29)22-25-24-19(31-22)14-9-8-12(2)13(3)10-14/h8-10H,4-7,11H2,1-3H3,(H,23,26). The Morgan fingerprint density at radius 2 is 1.97 bits per heavy atom. The lowest BCUT2D eigenvalue weighted by molar-refractivity contribution is -0.113. The number of benzene rings is 1. The number of fused-ring (bicyclic) bond motifs is 1. The number of rotatable bonds is 7. The van der Waals surface area contributed by atoms with Gasteiger partial charge in [0.15, 0.2) is 0 Å². The molecule has 11 heteroatoms. The zero-order chi connectivity index (χ0) is 23.8. The molecule has 0 saturated heterocycles. The summed E-state index contributed by atoms with van der Waals surface area (Å²) in [6.45, 7) is 5.77. The number of aryl methyl sites for hydroxylation is 3. The van der Waals surface area contributed by atoms with Gasteiger partial charge in [-0.2, -0.15) is 0 Å². The minimum Gasteiger partial charge on any atom is -0.462 e. The van der Waals surface area contributed by atoms with E-state index in [1.807, 2.05) is 26.0 Å². The fourth-order valence-corrected chi connectivity index (χ4v) is 5.84. The lowest BCUT2D eigenvalue weighted by atomic mass is 10.1. The second kappa shape index (κ2) is 9.06. The third-order valence-electron chi connectivity index (χ3n) is 5.40. The summed E-state index contributed by atoms with van der Waals surface area (Å²) in [4.78, 5) is 26.0. The molecule has 0 bridgehead atoms. The molecule has 1 aliphatic carbocycles. The summed E-state index contributed by atoms with van der Waals surface area (Å²) in [6, 6.07) is 5.45. The number of anilines is 1. The number of carbonyl (C=O) groups is 2. The third-order valence-corrected chi connectivity index (χ3v) is 7.95. The maximum atomic E-state index is 12.7. The predicted molar refractivity (Wildman–Crippen MR) is 122 cm³/mol. The van der Waals surface area contributed by atoms with Crippen LogP contribution in [0.15, 0.2) is 27.8 Å². The summed E-state index contributed by atoms with van der Waals surface area (Å²) in [5, 5.41) is 9.69. The van der Waals surface area contributed by atoms with Gasteiger partial charge in [0.25, 0.3) is 0 Å². The Morgan fingerprint density at radius 3 is 2.70 bits per heavy atom. The lowest BCUT2D eigenvalue weighted by Crippen LogP contribution is -2.24. The summed E-state index contributed by atoms with van der Waals surface area (Å²) in [6.07, 6.45) is 2.46. The molecule has 0 unspecified atom stereocenters. The topological polar surface area (TPSA) is 128 Å². The van der Waals surface area contributed by atoms with E-state index in [4.69, 9.17) is 9.15 Å². The van der Waals surface area contributed by atoms with Crippen molar-refractivity contribution in [2.24, 2.45) is 0 Å². The van der Waals surface area contributed by atoms with Crippen LogP contribution in [0.3, 0.4) is 0 Å². The molecule has 0 saturated carbocycles. The maximum Gasteiger partial charge on any atom is 0.341 e. The maximum absolute atomic E-state index is 12.7. The average molecular weight is 490 g/mol. The van der Waals surface area contributed by atoms with Crippen molar-refractivity contribution in [2.45, 2.75) is 45.3 Å². The molecular formula is C22H23N3O6S2. The number of amides is 1. The van der Waals surface area contributed by atoms with Gasteiger partial charge in [-0.25, -0.2) is 13.2 Å². The van der Waals surface area contributed by atoms with Crippen LogP contribution in [0.2, 0.25) is 0 Å². The number of aromatic nitrogens is 2. The Hall–Kier alpha value is -3.05. The van der Waals surface area contributed by atoms with Gasteiger partial charge in [-0.05, 0) is 68.9 Å². The van der Waals surface area contributed by atoms with E-state index >= 15 is 0 Å². The van der Waals surface area contributed by atoms with Crippen LogP contribution in [-0.2, 0) is 32.2 Å². The molecule has 0 spiro atoms. The molecule has 9 nitrogen and oxygen atoms in total. The number of nitrogens with one attached hydrogen (secondary N) is 1. The van der Waals surface area contributed by atoms with Crippen molar-refractivity contribution < 1.29 is 27.2 Å². The van der Waals surface area contributed by atoms with Gasteiger partial charge in [-0.15, -0.1) is 16.4 Å². The van der Waals surface area contributed by atoms with Crippen LogP contribution in [0, 0.1) is 13.8 Å². The molecule has 2 heterocycles. The van der Waals surface area contributed by atoms with E-state index in [1.165, 1.54) is 11.3 Å². The highest BCUT2D eigenvalue weighted by atomic mass is 32.2. The molecule has 0 aliphatic heterocycles. The van der Waals surface area contributed by atoms with Gasteiger partial charge in [0, 0.05) is 10.4 Å². The van der Waals surface area contributed by atoms with Crippen molar-refractivity contribution in [3.8, 4) is 11.5 Å². The van der Waals surface area contributed by atoms with E-state index in [9.17, 15) is 18.0 Å². The number of hydrogen-bond acceptors (Lipinski definition) is 9. The Kier molecular flexibility index (Phi) is 6.35. The number of carbonyl (C=O) groups excluding carboxylic acids is 2. The first kappa shape index (κ1) is 23.1. The van der Waals surface area contributed by atoms with Crippen molar-refractivity contribution in [3.05, 3.63) is 45.3 Å². The minimum atomic E-state index is -4.19. The van der Waals surface area contributed by atoms with E-state index in [-0.39, 0.29) is 12.5 Å². The number of ether oxygens (including phenoxy) is 1. The molecule has 1 amide bonds. The molecule has 4 rings (SSSR count). The van der Waals surface area contributed by atoms with Crippen LogP contribution < -0.4 is 5.32 Å². The van der Waals surface area contributed by atoms with Crippen molar-refractivity contribution in [2.75, 3.05) is 17.7 Å². The molecule has 0 fully saturated rings. The monoisotopic (exact) mass is 489 g/mol. The van der Waals surface area contributed by atoms with E-state index < -0.39 is 32.7 Å². The van der Waals surface area contributed by atoms with Crippen molar-refractivity contribution in [3.63, 3.8) is 0 Å². The summed E-state index contributed by atoms with van der Waals surface area (Å²) >= 11 is 1.28. The van der Waals surface area contributed by atoms with Gasteiger partial charge in [-0.1, -0.05) is 11.2 Å². The predicted octanol–water partition coefficient (Wildman–Crippen LogP) is 3.49. The molecule has 1 aromatic carbocycles. The Balaban J connectivity index is 1.52. The summed E-state index contributed by atoms with van der Waals surface area (Å²) < 4.78 is 35.9. The second-order valence-corrected chi connectivity index (χ2v) is 10.7. The molecule has 0 atom stereocenters. The van der Waals surface area contributed by atoms with Crippen LogP contribution in [0.4, 0.5) is 5.00 Å². The molecule has 33 heavy (non-hydrogen) atoms. The molecular weight excluding hydrogens is 466 g/mol. The van der Waals surface area contributed by atoms with E-state index in [2.05, 4.69) is 15.5 Å². The number of thiophene rings is 1. The smallest absolute Gasteiger partial charge is 0.341 e. The van der Waals surface area contributed by atoms with Crippen LogP contribution in [0.1, 0.15) is 45.3 Å². The van der Waals surface area contributed by atoms with Crippen molar-refractivity contribution >= 4 is 38.1 Å². The Morgan fingerprint density at radius 1 is 1.18 bits per heavy atom. The highest BCUT2D eigenvalue weighted by Crippen LogP contribution is 2.39. The van der Waals surface area contributed by atoms with Crippen LogP contribution >= 0.6 is 11.3 Å². The largest absolute Gasteiger partial charge is 0.462 e. The quantitative estimate of drug-likeness (QED) is 0.500. The molecule has 1 N–H and O–H groups in total. The summed E-state index contributed by atoms with van der Waals surface area (Å²) in [5.74, 6) is -2.17. The Labute approximate surface area is 195 Å². The second-order valence-electron chi connectivity index (χ2n) is 7.76. The molecule has 2 aromatic heterocycles. The van der Waals surface area contributed by atoms with Crippen LogP contribution in [0.5, 0.6) is 0 Å². The van der Waals surface area contributed by atoms with E-state index in [1.54, 1.807) is 13.0 Å². The first-order valence-electron chi connectivity index (χ1n) is 10.4. The fourth-order valence-electron chi connectivity index (χ4n) is 3.64. The number of nitrogens with zero attached hydrogens (tertiary/aromatic N) is 2. The fraction of sp³-hybridized carbons (Fsp3) is 0.364. The van der Waals surface area contributed by atoms with Crippen LogP contribution in [0.25, 0.3) is 11.5 Å². The SMILES string of the molecule is CCOC(=O)c1c(NC(=O)CS(=O)(=O)c2nnc(-c3ccc(C)c(C)c3)o2)sc2c1CCC2. The van der Waals surface area contributed by atoms with Gasteiger partial charge < -0.3 is 14.5 Å². The van der Waals surface area contributed by atoms with Gasteiger partial charge in [0.05, 0.1) is 12.2 Å². The van der Waals surface area contributed by atoms with Gasteiger partial charge in [0.1, 0.15) is 10.8 Å². The molecule has 3 aromatic rings. The first-order valence-corrected chi connectivity index (χ1v) is 12.9. The van der Waals surface area contributed by atoms with E-state index in [0.29, 0.717) is 16.1 Å². The number of sulfone groups is 1. The lowest BCUT2D eigenvalue weighted by Gasteiger charge is -2.07. The number of hydrogen-bond donors (Lipinski definition) is 1. The zero-order valence-electron chi connectivity index (χ0n) is 18.4. The normalized spacial score (nSPS) is 13.1. The van der Waals surface area contributed by atoms with Crippen molar-refractivity contribution in [1.82, 2.24) is 10.2 Å². The first-order chi connectivity index (χ1) is 15.7. The van der Waals surface area contributed by atoms with Gasteiger partial charge >= 0.3 is 11.2 Å². The van der Waals surface area contributed by atoms with Crippen molar-refractivity contribution in [1.29, 1.82) is 0 Å². The third kappa shape index (κ3) is 4.69. The average Bonchev–Trinajstić information content (AvgIpc) is 3.46. The van der Waals surface area contributed by atoms with Gasteiger partial charge in [0.2, 0.25) is 21.6 Å². The van der Waals surface area contributed by atoms with Gasteiger partial charge in [-0.3, -0.25) is 4.79 Å². The van der Waals surface area contributed by atoms with Crippen LogP contribution in [-0.4, -0.2) is 42.9 Å². The summed E-state index contributed by atoms with van der Waals surface area (Å²) in [7, 11) is -4.19. The summed E-state index contributed by atoms with van der Waals surface area (Å²) in [5.41, 5.74) is 3.84.